The van der Waals surface area contributed by atoms with Crippen LogP contribution in [-0.4, -0.2) is 246 Å². The minimum atomic E-state index is -5.22. The Hall–Kier alpha value is -5.54. The van der Waals surface area contributed by atoms with E-state index >= 15 is 0 Å². The topological polar surface area (TPSA) is 444 Å². The lowest BCUT2D eigenvalue weighted by atomic mass is 9.98. The number of aromatic hydroxyl groups is 1. The first kappa shape index (κ1) is 61.0. The largest absolute Gasteiger partial charge is 0.504 e. The van der Waals surface area contributed by atoms with Crippen LogP contribution in [0.25, 0.3) is 0 Å². The number of nitrogens with zero attached hydrogens (tertiary/aromatic N) is 3. The molecule has 0 aliphatic carbocycles. The number of phenols is 1. The van der Waals surface area contributed by atoms with Crippen LogP contribution >= 0.6 is 0 Å². The summed E-state index contributed by atoms with van der Waals surface area (Å²) in [5.41, 5.74) is -1.22. The summed E-state index contributed by atoms with van der Waals surface area (Å²) in [5.74, 6) is -9.81. The van der Waals surface area contributed by atoms with Crippen molar-refractivity contribution >= 4 is 51.9 Å². The number of carbonyl (C=O) groups excluding carboxylic acids is 7. The van der Waals surface area contributed by atoms with E-state index in [1.807, 2.05) is 0 Å². The van der Waals surface area contributed by atoms with Crippen molar-refractivity contribution in [2.45, 2.75) is 139 Å². The summed E-state index contributed by atoms with van der Waals surface area (Å²) in [6, 6.07) is -8.69. The monoisotopic (exact) mass is 1080 g/mol. The van der Waals surface area contributed by atoms with Crippen LogP contribution in [0.15, 0.2) is 18.2 Å². The SMILES string of the molecule is C[C@@H](O)[C@@H]1NC(=O)[C@@H](NC(=O)OC(C)(C)C)C[C@@H](O)CNC(=O)[C@@H]2[C@@H](O)[C@@H](C)CN2C(=O)[C@H]([C@H](O)CCN(CCO)CCO)NC(=O)[C@H]([C@H](O)Cc2ccc(O)c(OS(=O)(=O)O)c2)NC(=O)[C@@H]2C[C@@H](O)CN2C1=O. The van der Waals surface area contributed by atoms with E-state index in [0.29, 0.717) is 0 Å². The number of alkyl carbamates (subject to hydrolysis) is 1. The van der Waals surface area contributed by atoms with Crippen LogP contribution in [0, 0.1) is 5.92 Å². The molecule has 3 heterocycles. The number of hydrogen-bond donors (Lipinski definition) is 15. The van der Waals surface area contributed by atoms with Crippen molar-refractivity contribution < 1.29 is 101 Å². The van der Waals surface area contributed by atoms with E-state index in [0.717, 1.165) is 34.9 Å². The molecule has 1 aromatic rings. The molecule has 3 aliphatic rings. The van der Waals surface area contributed by atoms with E-state index in [9.17, 15) is 92.5 Å². The highest BCUT2D eigenvalue weighted by molar-refractivity contribution is 7.81. The molecule has 0 aromatic heterocycles. The highest BCUT2D eigenvalue weighted by atomic mass is 32.3. The Balaban J connectivity index is 1.89. The maximum Gasteiger partial charge on any atom is 0.446 e. The lowest BCUT2D eigenvalue weighted by molar-refractivity contribution is -0.147. The van der Waals surface area contributed by atoms with Crippen LogP contribution in [0.4, 0.5) is 4.79 Å². The molecule has 0 bridgehead atoms. The van der Waals surface area contributed by atoms with E-state index in [4.69, 9.17) is 4.74 Å². The molecule has 3 saturated heterocycles. The van der Waals surface area contributed by atoms with Crippen LogP contribution in [0.1, 0.15) is 59.4 Å². The fraction of sp³-hybridized carbons (Fsp3) is 0.705. The number of hydrogen-bond acceptors (Lipinski definition) is 21. The quantitative estimate of drug-likeness (QED) is 0.0726. The van der Waals surface area contributed by atoms with E-state index in [1.54, 1.807) is 0 Å². The fourth-order valence-corrected chi connectivity index (χ4v) is 9.05. The number of β-amino-alcohol motifs (C(OH)–C–C–N with tert-alkyl or cyclic N) is 1. The van der Waals surface area contributed by atoms with Gasteiger partial charge >= 0.3 is 16.5 Å². The van der Waals surface area contributed by atoms with Crippen molar-refractivity contribution in [3.05, 3.63) is 23.8 Å². The van der Waals surface area contributed by atoms with Crippen LogP contribution in [-0.2, 0) is 50.3 Å². The minimum absolute atomic E-state index is 0.00783. The Morgan fingerprint density at radius 3 is 2.03 bits per heavy atom. The predicted octanol–water partition coefficient (Wildman–Crippen LogP) is -6.71. The summed E-state index contributed by atoms with van der Waals surface area (Å²) in [4.78, 5) is 102. The number of aliphatic hydroxyl groups is 8. The average molecular weight is 1080 g/mol. The maximum atomic E-state index is 14.8. The summed E-state index contributed by atoms with van der Waals surface area (Å²) >= 11 is 0. The van der Waals surface area contributed by atoms with Gasteiger partial charge in [0, 0.05) is 64.4 Å². The molecule has 29 nitrogen and oxygen atoms in total. The zero-order valence-electron chi connectivity index (χ0n) is 41.4. The Morgan fingerprint density at radius 1 is 0.824 bits per heavy atom. The second kappa shape index (κ2) is 26.3. The second-order valence-electron chi connectivity index (χ2n) is 19.6. The van der Waals surface area contributed by atoms with Crippen molar-refractivity contribution in [1.82, 2.24) is 41.3 Å². The fourth-order valence-electron chi connectivity index (χ4n) is 8.69. The molecular formula is C44H70N8O21S. The Morgan fingerprint density at radius 2 is 1.43 bits per heavy atom. The van der Waals surface area contributed by atoms with Gasteiger partial charge in [-0.15, -0.1) is 0 Å². The number of fused-ring (bicyclic) bond motifs is 2. The molecule has 3 aliphatic heterocycles. The first-order valence-corrected chi connectivity index (χ1v) is 25.1. The highest BCUT2D eigenvalue weighted by Gasteiger charge is 2.50. The van der Waals surface area contributed by atoms with Gasteiger partial charge in [0.05, 0.1) is 49.8 Å². The van der Waals surface area contributed by atoms with Crippen LogP contribution < -0.4 is 30.8 Å². The third-order valence-corrected chi connectivity index (χ3v) is 12.8. The summed E-state index contributed by atoms with van der Waals surface area (Å²) in [6.45, 7) is 4.51. The van der Waals surface area contributed by atoms with Gasteiger partial charge in [-0.1, -0.05) is 13.0 Å². The molecule has 4 rings (SSSR count). The van der Waals surface area contributed by atoms with E-state index < -0.39 is 180 Å². The summed E-state index contributed by atoms with van der Waals surface area (Å²) in [6.07, 6.45) is -14.1. The molecule has 418 valence electrons. The Kier molecular flexibility index (Phi) is 21.7. The number of nitrogens with one attached hydrogen (secondary N) is 5. The normalized spacial score (nSPS) is 28.4. The first-order valence-electron chi connectivity index (χ1n) is 23.8. The molecule has 30 heteroatoms. The van der Waals surface area contributed by atoms with E-state index in [1.165, 1.54) is 32.6 Å². The van der Waals surface area contributed by atoms with Crippen molar-refractivity contribution in [2.24, 2.45) is 5.92 Å². The third-order valence-electron chi connectivity index (χ3n) is 12.4. The summed E-state index contributed by atoms with van der Waals surface area (Å²) in [7, 11) is -5.22. The molecule has 15 N–H and O–H groups in total. The number of benzene rings is 1. The van der Waals surface area contributed by atoms with Crippen molar-refractivity contribution in [3.63, 3.8) is 0 Å². The molecule has 0 spiro atoms. The Bertz CT molecular complexity index is 2260. The summed E-state index contributed by atoms with van der Waals surface area (Å²) < 4.78 is 42.0. The van der Waals surface area contributed by atoms with Gasteiger partial charge in [-0.3, -0.25) is 38.2 Å². The molecule has 3 fully saturated rings. The molecule has 1 aromatic carbocycles. The molecular weight excluding hydrogens is 1010 g/mol. The summed E-state index contributed by atoms with van der Waals surface area (Å²) in [5, 5.41) is 109. The lowest BCUT2D eigenvalue weighted by Crippen LogP contribution is -2.64. The van der Waals surface area contributed by atoms with Gasteiger partial charge in [0.15, 0.2) is 11.5 Å². The standard InChI is InChI=1S/C44H70N8O21S/c1-21-19-52-35(36(21)61)40(65)45-18-24(56)16-26(46-43(68)72-44(3,4)5)37(62)47-32(22(2)55)41(66)51-20-25(57)17-27(51)38(63)48-33(30(60)14-23-6-7-28(58)31(15-23)73-74(69,70)71)39(64)49-34(42(52)67)29(59)8-9-50(10-12-53)11-13-54/h6-7,15,21-22,24-27,29-30,32-36,53-61H,8-14,16-20H2,1-5H3,(H,45,65)(H,46,68)(H,47,62)(H,48,63)(H,49,64)(H,69,70,71)/t21-,22+,24+,25+,26-,27-,29+,30+,32-,33-,34-,35-,36-/m0/s1. The number of aliphatic hydroxyl groups excluding tert-OH is 8. The van der Waals surface area contributed by atoms with E-state index in [2.05, 4.69) is 30.8 Å². The van der Waals surface area contributed by atoms with E-state index in [-0.39, 0.29) is 51.4 Å². The zero-order valence-corrected chi connectivity index (χ0v) is 42.3. The number of carbonyl (C=O) groups is 7. The lowest BCUT2D eigenvalue weighted by Gasteiger charge is -2.34. The van der Waals surface area contributed by atoms with Gasteiger partial charge in [-0.25, -0.2) is 4.79 Å². The smallest absolute Gasteiger partial charge is 0.446 e. The first-order chi connectivity index (χ1) is 34.4. The van der Waals surface area contributed by atoms with Crippen LogP contribution in [0.5, 0.6) is 11.5 Å². The maximum absolute atomic E-state index is 14.8. The van der Waals surface area contributed by atoms with Gasteiger partial charge in [-0.05, 0) is 51.8 Å². The van der Waals surface area contributed by atoms with Gasteiger partial charge in [0.2, 0.25) is 35.4 Å². The third kappa shape index (κ3) is 17.0. The van der Waals surface area contributed by atoms with Crippen molar-refractivity contribution in [2.75, 3.05) is 52.5 Å². The molecule has 0 saturated carbocycles. The van der Waals surface area contributed by atoms with Crippen molar-refractivity contribution in [1.29, 1.82) is 0 Å². The average Bonchev–Trinajstić information content (AvgIpc) is 3.84. The minimum Gasteiger partial charge on any atom is -0.504 e. The predicted molar refractivity (Wildman–Crippen MR) is 252 cm³/mol. The number of ether oxygens (including phenoxy) is 1. The zero-order chi connectivity index (χ0) is 55.6. The Labute approximate surface area is 426 Å². The molecule has 13 atom stereocenters. The second-order valence-corrected chi connectivity index (χ2v) is 20.6. The van der Waals surface area contributed by atoms with Crippen LogP contribution in [0.3, 0.4) is 0 Å². The molecule has 0 unspecified atom stereocenters. The van der Waals surface area contributed by atoms with Gasteiger partial charge in [-0.2, -0.15) is 8.42 Å². The van der Waals surface area contributed by atoms with Crippen molar-refractivity contribution in [3.8, 4) is 11.5 Å². The van der Waals surface area contributed by atoms with Crippen LogP contribution in [0.2, 0.25) is 0 Å². The van der Waals surface area contributed by atoms with Gasteiger partial charge in [0.25, 0.3) is 0 Å². The highest BCUT2D eigenvalue weighted by Crippen LogP contribution is 2.30. The van der Waals surface area contributed by atoms with Gasteiger partial charge < -0.3 is 91.3 Å². The number of amides is 7. The van der Waals surface area contributed by atoms with Gasteiger partial charge in [0.1, 0.15) is 41.9 Å². The molecule has 0 radical (unpaired) electrons. The number of phenolic OH excluding ortho intramolecular Hbond substituents is 1. The number of rotatable bonds is 15. The molecule has 74 heavy (non-hydrogen) atoms. The molecule has 7 amide bonds.